The van der Waals surface area contributed by atoms with Gasteiger partial charge in [-0.2, -0.15) is 0 Å². The van der Waals surface area contributed by atoms with E-state index in [1.807, 2.05) is 24.3 Å². The highest BCUT2D eigenvalue weighted by Crippen LogP contribution is 2.22. The Balaban J connectivity index is 2.28. The fourth-order valence-electron chi connectivity index (χ4n) is 1.82. The normalized spacial score (nSPS) is 12.6. The van der Waals surface area contributed by atoms with Crippen LogP contribution in [0.25, 0.3) is 10.9 Å². The van der Waals surface area contributed by atoms with Crippen LogP contribution in [0.2, 0.25) is 0 Å². The number of rotatable bonds is 4. The van der Waals surface area contributed by atoms with Crippen molar-refractivity contribution in [2.45, 2.75) is 13.3 Å². The van der Waals surface area contributed by atoms with Gasteiger partial charge in [0.1, 0.15) is 5.75 Å². The van der Waals surface area contributed by atoms with E-state index in [0.717, 1.165) is 22.3 Å². The topological polar surface area (TPSA) is 62.3 Å². The van der Waals surface area contributed by atoms with Crippen LogP contribution in [0.15, 0.2) is 24.3 Å². The number of carboxylic acids is 1. The summed E-state index contributed by atoms with van der Waals surface area (Å²) < 4.78 is 5.14. The fraction of sp³-hybridized carbons (Fsp3) is 0.308. The third-order valence-electron chi connectivity index (χ3n) is 2.83. The van der Waals surface area contributed by atoms with E-state index in [0.29, 0.717) is 6.42 Å². The van der Waals surface area contributed by atoms with Gasteiger partial charge in [0.15, 0.2) is 0 Å². The molecule has 1 atom stereocenters. The maximum Gasteiger partial charge on any atom is 0.306 e. The molecule has 4 nitrogen and oxygen atoms in total. The highest BCUT2D eigenvalue weighted by molar-refractivity contribution is 5.82. The average Bonchev–Trinajstić information content (AvgIpc) is 2.69. The maximum atomic E-state index is 10.8. The third kappa shape index (κ3) is 2.41. The van der Waals surface area contributed by atoms with Gasteiger partial charge < -0.3 is 14.8 Å². The summed E-state index contributed by atoms with van der Waals surface area (Å²) in [5, 5.41) is 9.93. The molecule has 1 aromatic heterocycles. The van der Waals surface area contributed by atoms with Crippen LogP contribution in [0.3, 0.4) is 0 Å². The third-order valence-corrected chi connectivity index (χ3v) is 2.83. The Bertz CT molecular complexity index is 545. The monoisotopic (exact) mass is 233 g/mol. The number of aliphatic carboxylic acids is 1. The number of carboxylic acid groups (broad SMARTS) is 1. The fourth-order valence-corrected chi connectivity index (χ4v) is 1.82. The van der Waals surface area contributed by atoms with Gasteiger partial charge in [-0.05, 0) is 23.6 Å². The Hall–Kier alpha value is -1.97. The molecule has 1 heterocycles. The summed E-state index contributed by atoms with van der Waals surface area (Å²) >= 11 is 0. The first-order valence-electron chi connectivity index (χ1n) is 5.48. The van der Waals surface area contributed by atoms with Gasteiger partial charge in [-0.1, -0.05) is 6.92 Å². The quantitative estimate of drug-likeness (QED) is 0.852. The van der Waals surface area contributed by atoms with E-state index in [4.69, 9.17) is 9.84 Å². The zero-order chi connectivity index (χ0) is 12.4. The number of H-pyrrole nitrogens is 1. The molecule has 0 aliphatic carbocycles. The Morgan fingerprint density at radius 1 is 1.47 bits per heavy atom. The predicted octanol–water partition coefficient (Wildman–Crippen LogP) is 2.44. The lowest BCUT2D eigenvalue weighted by Crippen LogP contribution is -2.12. The molecule has 90 valence electrons. The largest absolute Gasteiger partial charge is 0.497 e. The molecule has 0 aliphatic heterocycles. The van der Waals surface area contributed by atoms with Gasteiger partial charge in [-0.15, -0.1) is 0 Å². The van der Waals surface area contributed by atoms with Gasteiger partial charge in [0.05, 0.1) is 13.0 Å². The molecule has 0 saturated heterocycles. The predicted molar refractivity (Wildman–Crippen MR) is 65.4 cm³/mol. The number of methoxy groups -OCH3 is 1. The summed E-state index contributed by atoms with van der Waals surface area (Å²) in [6, 6.07) is 7.73. The second-order valence-corrected chi connectivity index (χ2v) is 4.19. The lowest BCUT2D eigenvalue weighted by Gasteiger charge is -2.02. The van der Waals surface area contributed by atoms with Crippen LogP contribution in [-0.2, 0) is 11.2 Å². The number of hydrogen-bond donors (Lipinski definition) is 2. The highest BCUT2D eigenvalue weighted by atomic mass is 16.5. The number of carbonyl (C=O) groups is 1. The number of aromatic nitrogens is 1. The molecule has 0 bridgehead atoms. The molecule has 17 heavy (non-hydrogen) atoms. The minimum Gasteiger partial charge on any atom is -0.497 e. The number of hydrogen-bond acceptors (Lipinski definition) is 2. The Morgan fingerprint density at radius 3 is 2.88 bits per heavy atom. The smallest absolute Gasteiger partial charge is 0.306 e. The van der Waals surface area contributed by atoms with Crippen molar-refractivity contribution in [3.8, 4) is 5.75 Å². The number of benzene rings is 1. The SMILES string of the molecule is COc1ccc2cc(CC(C)C(=O)O)[nH]c2c1. The van der Waals surface area contributed by atoms with Crippen molar-refractivity contribution in [2.75, 3.05) is 7.11 Å². The van der Waals surface area contributed by atoms with Crippen molar-refractivity contribution in [2.24, 2.45) is 5.92 Å². The maximum absolute atomic E-state index is 10.8. The molecule has 2 N–H and O–H groups in total. The minimum absolute atomic E-state index is 0.384. The number of fused-ring (bicyclic) bond motifs is 1. The molecule has 4 heteroatoms. The number of ether oxygens (including phenoxy) is 1. The molecule has 1 unspecified atom stereocenters. The molecule has 0 fully saturated rings. The highest BCUT2D eigenvalue weighted by Gasteiger charge is 2.13. The van der Waals surface area contributed by atoms with Crippen LogP contribution in [-0.4, -0.2) is 23.2 Å². The summed E-state index contributed by atoms with van der Waals surface area (Å²) in [4.78, 5) is 14.0. The van der Waals surface area contributed by atoms with Gasteiger partial charge >= 0.3 is 5.97 Å². The van der Waals surface area contributed by atoms with Crippen LogP contribution in [0, 0.1) is 5.92 Å². The molecule has 0 spiro atoms. The van der Waals surface area contributed by atoms with E-state index < -0.39 is 5.97 Å². The second kappa shape index (κ2) is 4.49. The van der Waals surface area contributed by atoms with Crippen LogP contribution in [0.5, 0.6) is 5.75 Å². The molecular formula is C13H15NO3. The van der Waals surface area contributed by atoms with Crippen molar-refractivity contribution in [3.05, 3.63) is 30.0 Å². The molecule has 0 saturated carbocycles. The van der Waals surface area contributed by atoms with E-state index in [1.54, 1.807) is 14.0 Å². The molecule has 0 aliphatic rings. The second-order valence-electron chi connectivity index (χ2n) is 4.19. The van der Waals surface area contributed by atoms with Crippen LogP contribution in [0.1, 0.15) is 12.6 Å². The van der Waals surface area contributed by atoms with Crippen molar-refractivity contribution in [1.82, 2.24) is 4.98 Å². The standard InChI is InChI=1S/C13H15NO3/c1-8(13(15)16)5-10-6-9-3-4-11(17-2)7-12(9)14-10/h3-4,6-8,14H,5H2,1-2H3,(H,15,16). The van der Waals surface area contributed by atoms with Gasteiger partial charge in [-0.25, -0.2) is 0 Å². The average molecular weight is 233 g/mol. The van der Waals surface area contributed by atoms with Crippen LogP contribution in [0.4, 0.5) is 0 Å². The Kier molecular flexibility index (Phi) is 3.04. The van der Waals surface area contributed by atoms with Gasteiger partial charge in [0, 0.05) is 23.7 Å². The molecule has 1 aromatic carbocycles. The summed E-state index contributed by atoms with van der Waals surface area (Å²) in [5.74, 6) is -0.372. The molecule has 0 radical (unpaired) electrons. The Morgan fingerprint density at radius 2 is 2.24 bits per heavy atom. The number of nitrogens with one attached hydrogen (secondary N) is 1. The molecule has 2 aromatic rings. The van der Waals surface area contributed by atoms with E-state index in [-0.39, 0.29) is 5.92 Å². The van der Waals surface area contributed by atoms with Crippen molar-refractivity contribution in [3.63, 3.8) is 0 Å². The van der Waals surface area contributed by atoms with Crippen molar-refractivity contribution in [1.29, 1.82) is 0 Å². The molecule has 2 rings (SSSR count). The first kappa shape index (κ1) is 11.5. The van der Waals surface area contributed by atoms with Crippen LogP contribution >= 0.6 is 0 Å². The van der Waals surface area contributed by atoms with Gasteiger partial charge in [0.2, 0.25) is 0 Å². The van der Waals surface area contributed by atoms with Crippen molar-refractivity contribution < 1.29 is 14.6 Å². The Labute approximate surface area is 99.2 Å². The first-order chi connectivity index (χ1) is 8.10. The summed E-state index contributed by atoms with van der Waals surface area (Å²) in [7, 11) is 1.62. The number of aromatic amines is 1. The lowest BCUT2D eigenvalue weighted by atomic mass is 10.1. The zero-order valence-corrected chi connectivity index (χ0v) is 9.86. The summed E-state index contributed by atoms with van der Waals surface area (Å²) in [6.45, 7) is 1.70. The summed E-state index contributed by atoms with van der Waals surface area (Å²) in [5.41, 5.74) is 1.90. The van der Waals surface area contributed by atoms with Crippen molar-refractivity contribution >= 4 is 16.9 Å². The summed E-state index contributed by atoms with van der Waals surface area (Å²) in [6.07, 6.45) is 0.506. The van der Waals surface area contributed by atoms with Gasteiger partial charge in [-0.3, -0.25) is 4.79 Å². The molecule has 0 amide bonds. The van der Waals surface area contributed by atoms with E-state index >= 15 is 0 Å². The van der Waals surface area contributed by atoms with Crippen LogP contribution < -0.4 is 4.74 Å². The lowest BCUT2D eigenvalue weighted by molar-refractivity contribution is -0.141. The molecular weight excluding hydrogens is 218 g/mol. The minimum atomic E-state index is -0.777. The van der Waals surface area contributed by atoms with E-state index in [9.17, 15) is 4.79 Å². The van der Waals surface area contributed by atoms with E-state index in [1.165, 1.54) is 0 Å². The zero-order valence-electron chi connectivity index (χ0n) is 9.86. The first-order valence-corrected chi connectivity index (χ1v) is 5.48. The van der Waals surface area contributed by atoms with E-state index in [2.05, 4.69) is 4.98 Å². The van der Waals surface area contributed by atoms with Gasteiger partial charge in [0.25, 0.3) is 0 Å².